The van der Waals surface area contributed by atoms with Crippen LogP contribution in [-0.2, 0) is 13.5 Å². The number of nitrogens with zero attached hydrogens (tertiary/aromatic N) is 2. The van der Waals surface area contributed by atoms with Gasteiger partial charge in [0.05, 0.1) is 6.20 Å². The van der Waals surface area contributed by atoms with E-state index in [-0.39, 0.29) is 0 Å². The molecular weight excluding hydrogens is 234 g/mol. The molecule has 0 amide bonds. The first-order valence-corrected chi connectivity index (χ1v) is 7.90. The predicted molar refractivity (Wildman–Crippen MR) is 80.1 cm³/mol. The predicted octanol–water partition coefficient (Wildman–Crippen LogP) is 3.16. The Morgan fingerprint density at radius 2 is 2.26 bits per heavy atom. The van der Waals surface area contributed by atoms with E-state index in [2.05, 4.69) is 30.5 Å². The van der Waals surface area contributed by atoms with E-state index in [9.17, 15) is 0 Å². The van der Waals surface area contributed by atoms with Gasteiger partial charge in [-0.3, -0.25) is 4.68 Å². The van der Waals surface area contributed by atoms with E-state index >= 15 is 0 Å². The van der Waals surface area contributed by atoms with Crippen LogP contribution in [0, 0.1) is 11.8 Å². The number of hydrogen-bond donors (Lipinski definition) is 1. The smallest absolute Gasteiger partial charge is 0.0521 e. The van der Waals surface area contributed by atoms with Gasteiger partial charge in [0.2, 0.25) is 0 Å². The van der Waals surface area contributed by atoms with Gasteiger partial charge in [-0.15, -0.1) is 0 Å². The van der Waals surface area contributed by atoms with Crippen molar-refractivity contribution in [2.45, 2.75) is 58.4 Å². The van der Waals surface area contributed by atoms with Crippen LogP contribution in [0.1, 0.15) is 51.5 Å². The van der Waals surface area contributed by atoms with Gasteiger partial charge in [-0.25, -0.2) is 0 Å². The molecule has 1 saturated carbocycles. The SMILES string of the molecule is CCCNC1CCC(C)CC1CCc1cnn(C)c1. The Hall–Kier alpha value is -0.830. The quantitative estimate of drug-likeness (QED) is 0.854. The Morgan fingerprint density at radius 1 is 1.42 bits per heavy atom. The molecule has 1 N–H and O–H groups in total. The molecule has 2 rings (SSSR count). The van der Waals surface area contributed by atoms with E-state index in [1.54, 1.807) is 0 Å². The molecular formula is C16H29N3. The maximum absolute atomic E-state index is 4.26. The number of rotatable bonds is 6. The molecule has 0 aliphatic heterocycles. The van der Waals surface area contributed by atoms with Gasteiger partial charge < -0.3 is 5.32 Å². The zero-order valence-corrected chi connectivity index (χ0v) is 12.7. The minimum absolute atomic E-state index is 0.743. The molecule has 1 aliphatic carbocycles. The first-order valence-electron chi connectivity index (χ1n) is 7.90. The van der Waals surface area contributed by atoms with Crippen molar-refractivity contribution >= 4 is 0 Å². The van der Waals surface area contributed by atoms with Gasteiger partial charge in [0.1, 0.15) is 0 Å². The highest BCUT2D eigenvalue weighted by atomic mass is 15.2. The maximum atomic E-state index is 4.26. The van der Waals surface area contributed by atoms with Crippen LogP contribution in [0.25, 0.3) is 0 Å². The third-order valence-electron chi connectivity index (χ3n) is 4.46. The van der Waals surface area contributed by atoms with E-state index in [1.807, 2.05) is 17.9 Å². The molecule has 3 atom stereocenters. The van der Waals surface area contributed by atoms with E-state index < -0.39 is 0 Å². The van der Waals surface area contributed by atoms with Crippen LogP contribution in [0.15, 0.2) is 12.4 Å². The first-order chi connectivity index (χ1) is 9.19. The Labute approximate surface area is 117 Å². The molecule has 19 heavy (non-hydrogen) atoms. The van der Waals surface area contributed by atoms with Crippen LogP contribution in [0.4, 0.5) is 0 Å². The van der Waals surface area contributed by atoms with Crippen molar-refractivity contribution in [2.24, 2.45) is 18.9 Å². The topological polar surface area (TPSA) is 29.9 Å². The van der Waals surface area contributed by atoms with Crippen LogP contribution >= 0.6 is 0 Å². The first kappa shape index (κ1) is 14.6. The van der Waals surface area contributed by atoms with Crippen LogP contribution in [0.3, 0.4) is 0 Å². The second-order valence-electron chi connectivity index (χ2n) is 6.30. The van der Waals surface area contributed by atoms with Gasteiger partial charge in [0.25, 0.3) is 0 Å². The number of aryl methyl sites for hydroxylation is 2. The number of hydrogen-bond acceptors (Lipinski definition) is 2. The van der Waals surface area contributed by atoms with Crippen LogP contribution in [0.5, 0.6) is 0 Å². The summed E-state index contributed by atoms with van der Waals surface area (Å²) < 4.78 is 1.91. The highest BCUT2D eigenvalue weighted by Gasteiger charge is 2.27. The standard InChI is InChI=1S/C16H29N3/c1-4-9-17-16-8-5-13(2)10-15(16)7-6-14-11-18-19(3)12-14/h11-13,15-17H,4-10H2,1-3H3. The van der Waals surface area contributed by atoms with Crippen molar-refractivity contribution in [1.29, 1.82) is 0 Å². The molecule has 1 aromatic heterocycles. The Morgan fingerprint density at radius 3 is 2.95 bits per heavy atom. The maximum Gasteiger partial charge on any atom is 0.0521 e. The van der Waals surface area contributed by atoms with Crippen molar-refractivity contribution in [3.05, 3.63) is 18.0 Å². The lowest BCUT2D eigenvalue weighted by atomic mass is 9.76. The highest BCUT2D eigenvalue weighted by molar-refractivity contribution is 5.04. The molecule has 0 bridgehead atoms. The van der Waals surface area contributed by atoms with Crippen molar-refractivity contribution in [1.82, 2.24) is 15.1 Å². The fourth-order valence-corrected chi connectivity index (χ4v) is 3.37. The lowest BCUT2D eigenvalue weighted by Crippen LogP contribution is -2.40. The molecule has 1 heterocycles. The van der Waals surface area contributed by atoms with Crippen molar-refractivity contribution in [2.75, 3.05) is 6.54 Å². The van der Waals surface area contributed by atoms with Crippen LogP contribution in [0.2, 0.25) is 0 Å². The second kappa shape index (κ2) is 7.09. The molecule has 3 heteroatoms. The van der Waals surface area contributed by atoms with E-state index in [4.69, 9.17) is 0 Å². The normalized spacial score (nSPS) is 27.6. The van der Waals surface area contributed by atoms with Gasteiger partial charge >= 0.3 is 0 Å². The highest BCUT2D eigenvalue weighted by Crippen LogP contribution is 2.32. The lowest BCUT2D eigenvalue weighted by molar-refractivity contribution is 0.203. The second-order valence-corrected chi connectivity index (χ2v) is 6.30. The molecule has 1 aliphatic rings. The molecule has 1 aromatic rings. The fourth-order valence-electron chi connectivity index (χ4n) is 3.37. The molecule has 0 radical (unpaired) electrons. The monoisotopic (exact) mass is 263 g/mol. The van der Waals surface area contributed by atoms with Gasteiger partial charge in [0.15, 0.2) is 0 Å². The average Bonchev–Trinajstić information content (AvgIpc) is 2.81. The molecule has 3 unspecified atom stereocenters. The molecule has 3 nitrogen and oxygen atoms in total. The summed E-state index contributed by atoms with van der Waals surface area (Å²) in [7, 11) is 2.00. The van der Waals surface area contributed by atoms with Gasteiger partial charge in [-0.2, -0.15) is 5.10 Å². The largest absolute Gasteiger partial charge is 0.314 e. The van der Waals surface area contributed by atoms with Gasteiger partial charge in [-0.05, 0) is 62.5 Å². The molecule has 1 fully saturated rings. The van der Waals surface area contributed by atoms with Crippen molar-refractivity contribution in [3.8, 4) is 0 Å². The summed E-state index contributed by atoms with van der Waals surface area (Å²) in [6.07, 6.45) is 12.0. The van der Waals surface area contributed by atoms with Crippen molar-refractivity contribution < 1.29 is 0 Å². The van der Waals surface area contributed by atoms with Crippen LogP contribution in [-0.4, -0.2) is 22.4 Å². The minimum atomic E-state index is 0.743. The summed E-state index contributed by atoms with van der Waals surface area (Å²) in [5, 5.41) is 8.03. The molecule has 108 valence electrons. The third-order valence-corrected chi connectivity index (χ3v) is 4.46. The van der Waals surface area contributed by atoms with E-state index in [1.165, 1.54) is 50.6 Å². The zero-order valence-electron chi connectivity index (χ0n) is 12.7. The summed E-state index contributed by atoms with van der Waals surface area (Å²) >= 11 is 0. The van der Waals surface area contributed by atoms with Gasteiger partial charge in [0, 0.05) is 19.3 Å². The summed E-state index contributed by atoms with van der Waals surface area (Å²) in [6, 6.07) is 0.743. The Bertz CT molecular complexity index is 370. The minimum Gasteiger partial charge on any atom is -0.314 e. The molecule has 0 spiro atoms. The fraction of sp³-hybridized carbons (Fsp3) is 0.812. The Balaban J connectivity index is 1.86. The molecule has 0 aromatic carbocycles. The third kappa shape index (κ3) is 4.34. The average molecular weight is 263 g/mol. The number of aromatic nitrogens is 2. The number of nitrogens with one attached hydrogen (secondary N) is 1. The summed E-state index contributed by atoms with van der Waals surface area (Å²) in [4.78, 5) is 0. The lowest BCUT2D eigenvalue weighted by Gasteiger charge is -2.35. The zero-order chi connectivity index (χ0) is 13.7. The van der Waals surface area contributed by atoms with Gasteiger partial charge in [-0.1, -0.05) is 13.8 Å². The Kier molecular flexibility index (Phi) is 5.44. The molecule has 0 saturated heterocycles. The van der Waals surface area contributed by atoms with E-state index in [0.717, 1.165) is 17.9 Å². The van der Waals surface area contributed by atoms with Crippen LogP contribution < -0.4 is 5.32 Å². The summed E-state index contributed by atoms with van der Waals surface area (Å²) in [5.74, 6) is 1.74. The van der Waals surface area contributed by atoms with E-state index in [0.29, 0.717) is 0 Å². The summed E-state index contributed by atoms with van der Waals surface area (Å²) in [6.45, 7) is 5.83. The van der Waals surface area contributed by atoms with Crippen molar-refractivity contribution in [3.63, 3.8) is 0 Å². The summed E-state index contributed by atoms with van der Waals surface area (Å²) in [5.41, 5.74) is 1.38.